The summed E-state index contributed by atoms with van der Waals surface area (Å²) in [5, 5.41) is 13.5. The normalized spacial score (nSPS) is 35.5. The monoisotopic (exact) mass is 805 g/mol. The van der Waals surface area contributed by atoms with Crippen LogP contribution in [0, 0.1) is 17.8 Å². The van der Waals surface area contributed by atoms with Gasteiger partial charge in [-0.3, -0.25) is 24.1 Å². The Bertz CT molecular complexity index is 1960. The van der Waals surface area contributed by atoms with Crippen LogP contribution in [-0.2, 0) is 26.3 Å². The molecule has 1 saturated carbocycles. The highest BCUT2D eigenvalue weighted by molar-refractivity contribution is 7.99. The number of piperazine rings is 2. The van der Waals surface area contributed by atoms with Crippen molar-refractivity contribution >= 4 is 44.7 Å². The number of nitrogens with zero attached hydrogens (tertiary/aromatic N) is 4. The predicted molar refractivity (Wildman–Crippen MR) is 225 cm³/mol. The first kappa shape index (κ1) is 39.7. The highest BCUT2D eigenvalue weighted by atomic mass is 35.5. The number of hydrogen-bond donors (Lipinski definition) is 2. The molecule has 4 aliphatic heterocycles. The topological polar surface area (TPSA) is 106 Å². The van der Waals surface area contributed by atoms with Gasteiger partial charge in [0.15, 0.2) is 0 Å². The lowest BCUT2D eigenvalue weighted by atomic mass is 9.62. The SMILES string of the molecule is C=CC(=O)N1CCN2CCN(CC3(O)CCC[C@H](C)[C@@H](C)S(=C)(=O)NC(=O)c4ccc5c(c4)N(C[C@@H]4CC[C@H]43)C[C@@]3(CCCc4cc(Cl)ccc43)CO5)C[C@H]2C1. The number of benzene rings is 2. The molecule has 2 aliphatic carbocycles. The number of hydrogen-bond acceptors (Lipinski definition) is 8. The molecule has 0 aromatic heterocycles. The molecule has 2 N–H and O–H groups in total. The number of nitrogens with one attached hydrogen (secondary N) is 1. The van der Waals surface area contributed by atoms with Gasteiger partial charge in [-0.1, -0.05) is 37.6 Å². The van der Waals surface area contributed by atoms with Gasteiger partial charge < -0.3 is 19.6 Å². The quantitative estimate of drug-likeness (QED) is 0.325. The van der Waals surface area contributed by atoms with E-state index in [1.807, 2.05) is 30.0 Å². The molecule has 3 fully saturated rings. The zero-order valence-electron chi connectivity index (χ0n) is 33.2. The van der Waals surface area contributed by atoms with Crippen LogP contribution >= 0.6 is 11.6 Å². The maximum Gasteiger partial charge on any atom is 0.262 e. The highest BCUT2D eigenvalue weighted by Crippen LogP contribution is 2.49. The zero-order chi connectivity index (χ0) is 39.4. The van der Waals surface area contributed by atoms with Gasteiger partial charge in [-0.25, -0.2) is 4.21 Å². The smallest absolute Gasteiger partial charge is 0.262 e. The molecule has 8 atom stereocenters. The van der Waals surface area contributed by atoms with Gasteiger partial charge in [0.25, 0.3) is 5.91 Å². The van der Waals surface area contributed by atoms with E-state index in [1.54, 1.807) is 6.07 Å². The number of carbonyl (C=O) groups is 2. The Hall–Kier alpha value is -3.09. The summed E-state index contributed by atoms with van der Waals surface area (Å²) in [5.41, 5.74) is 2.65. The van der Waals surface area contributed by atoms with Crippen LogP contribution < -0.4 is 14.4 Å². The molecule has 0 radical (unpaired) electrons. The fourth-order valence-electron chi connectivity index (χ4n) is 10.9. The largest absolute Gasteiger partial charge is 0.490 e. The third-order valence-electron chi connectivity index (χ3n) is 14.6. The number of aliphatic hydroxyl groups is 1. The number of halogens is 1. The van der Waals surface area contributed by atoms with Crippen LogP contribution in [-0.4, -0.2) is 124 Å². The summed E-state index contributed by atoms with van der Waals surface area (Å²) >= 11 is 6.52. The fraction of sp³-hybridized carbons (Fsp3) is 0.614. The predicted octanol–water partition coefficient (Wildman–Crippen LogP) is 5.15. The van der Waals surface area contributed by atoms with Crippen molar-refractivity contribution in [2.75, 3.05) is 70.4 Å². The number of aryl methyl sites for hydroxylation is 1. The number of fused-ring (bicyclic) bond motifs is 5. The van der Waals surface area contributed by atoms with Crippen molar-refractivity contribution in [1.82, 2.24) is 19.4 Å². The van der Waals surface area contributed by atoms with E-state index in [2.05, 4.69) is 50.9 Å². The summed E-state index contributed by atoms with van der Waals surface area (Å²) in [5.74, 6) is 4.76. The average molecular weight is 807 g/mol. The second-order valence-corrected chi connectivity index (χ2v) is 20.8. The van der Waals surface area contributed by atoms with Crippen LogP contribution in [0.2, 0.25) is 5.02 Å². The molecule has 12 heteroatoms. The second-order valence-electron chi connectivity index (χ2n) is 18.0. The summed E-state index contributed by atoms with van der Waals surface area (Å²) in [6.45, 7) is 15.1. The Labute approximate surface area is 338 Å². The van der Waals surface area contributed by atoms with Crippen molar-refractivity contribution in [2.24, 2.45) is 17.8 Å². The van der Waals surface area contributed by atoms with Crippen molar-refractivity contribution in [3.63, 3.8) is 0 Å². The van der Waals surface area contributed by atoms with E-state index in [4.69, 9.17) is 16.3 Å². The molecule has 2 amide bonds. The zero-order valence-corrected chi connectivity index (χ0v) is 34.8. The molecule has 2 unspecified atom stereocenters. The lowest BCUT2D eigenvalue weighted by Crippen LogP contribution is -2.65. The van der Waals surface area contributed by atoms with E-state index in [9.17, 15) is 18.9 Å². The van der Waals surface area contributed by atoms with E-state index in [1.165, 1.54) is 17.2 Å². The standard InChI is InChI=1S/C44H60ClN5O5S/c1-5-41(51)49-21-20-48-19-18-47(25-36(48)26-49)28-44(53)17-6-8-30(2)31(3)56(4,54)46-42(52)33-11-15-40-39(23-33)50(24-34-10-13-38(34)44)27-43(29-55-40)16-7-9-32-22-35(45)12-14-37(32)43/h5,11-12,14-15,22-23,30-31,34,36,38,53H,1,4,6-10,13,16-21,24-29H2,2-3H3,(H,46,52,54)/t30-,31+,34-,36-,38+,43-,44?,56?/m0/s1. The molecule has 1 spiro atoms. The first-order valence-electron chi connectivity index (χ1n) is 20.9. The molecule has 6 aliphatic rings. The van der Waals surface area contributed by atoms with Gasteiger partial charge >= 0.3 is 0 Å². The van der Waals surface area contributed by atoms with Crippen LogP contribution in [0.3, 0.4) is 0 Å². The summed E-state index contributed by atoms with van der Waals surface area (Å²) in [6.07, 6.45) is 8.56. The first-order chi connectivity index (χ1) is 26.8. The number of amides is 2. The molecule has 4 heterocycles. The number of carbonyl (C=O) groups excluding carboxylic acids is 2. The van der Waals surface area contributed by atoms with Crippen molar-refractivity contribution in [3.8, 4) is 5.75 Å². The van der Waals surface area contributed by atoms with Gasteiger partial charge in [-0.15, -0.1) is 0 Å². The molecule has 2 saturated heterocycles. The van der Waals surface area contributed by atoms with Crippen LogP contribution in [0.5, 0.6) is 5.75 Å². The van der Waals surface area contributed by atoms with Crippen molar-refractivity contribution in [3.05, 3.63) is 70.8 Å². The number of anilines is 1. The summed E-state index contributed by atoms with van der Waals surface area (Å²) < 4.78 is 23.6. The van der Waals surface area contributed by atoms with Gasteiger partial charge in [0.1, 0.15) is 5.75 Å². The van der Waals surface area contributed by atoms with Crippen LogP contribution in [0.1, 0.15) is 80.3 Å². The summed E-state index contributed by atoms with van der Waals surface area (Å²) in [7, 11) is -2.99. The number of rotatable bonds is 3. The van der Waals surface area contributed by atoms with Gasteiger partial charge in [-0.05, 0) is 123 Å². The molecule has 8 rings (SSSR count). The van der Waals surface area contributed by atoms with Gasteiger partial charge in [0.05, 0.1) is 27.6 Å². The number of ether oxygens (including phenoxy) is 1. The Balaban J connectivity index is 1.13. The van der Waals surface area contributed by atoms with Crippen molar-refractivity contribution in [2.45, 2.75) is 87.5 Å². The molecular formula is C44H60ClN5O5S. The van der Waals surface area contributed by atoms with E-state index in [0.29, 0.717) is 38.2 Å². The Morgan fingerprint density at radius 2 is 1.88 bits per heavy atom. The number of β-amino-alcohol motifs (C(OH)–C–C–N with tert-alkyl or cyclic N) is 1. The molecule has 2 aromatic carbocycles. The van der Waals surface area contributed by atoms with Gasteiger partial charge in [-0.2, -0.15) is 0 Å². The molecule has 2 bridgehead atoms. The van der Waals surface area contributed by atoms with E-state index >= 15 is 0 Å². The molecule has 304 valence electrons. The minimum atomic E-state index is -2.99. The summed E-state index contributed by atoms with van der Waals surface area (Å²) in [4.78, 5) is 35.7. The molecular weight excluding hydrogens is 746 g/mol. The minimum absolute atomic E-state index is 0.0146. The first-order valence-corrected chi connectivity index (χ1v) is 23.0. The van der Waals surface area contributed by atoms with Crippen LogP contribution in [0.25, 0.3) is 0 Å². The fourth-order valence-corrected chi connectivity index (χ4v) is 12.6. The van der Waals surface area contributed by atoms with Crippen molar-refractivity contribution < 1.29 is 23.6 Å². The lowest BCUT2D eigenvalue weighted by Gasteiger charge is -2.53. The van der Waals surface area contributed by atoms with E-state index in [-0.39, 0.29) is 46.3 Å². The third kappa shape index (κ3) is 7.63. The van der Waals surface area contributed by atoms with Crippen LogP contribution in [0.15, 0.2) is 49.1 Å². The maximum atomic E-state index is 14.1. The maximum absolute atomic E-state index is 14.1. The van der Waals surface area contributed by atoms with Crippen LogP contribution in [0.4, 0.5) is 5.69 Å². The Morgan fingerprint density at radius 3 is 2.66 bits per heavy atom. The second kappa shape index (κ2) is 15.6. The molecule has 56 heavy (non-hydrogen) atoms. The minimum Gasteiger partial charge on any atom is -0.490 e. The Morgan fingerprint density at radius 1 is 1.05 bits per heavy atom. The summed E-state index contributed by atoms with van der Waals surface area (Å²) in [6, 6.07) is 12.1. The average Bonchev–Trinajstić information content (AvgIpc) is 3.31. The molecule has 2 aromatic rings. The van der Waals surface area contributed by atoms with Gasteiger partial charge in [0.2, 0.25) is 5.91 Å². The van der Waals surface area contributed by atoms with E-state index < -0.39 is 15.3 Å². The van der Waals surface area contributed by atoms with Gasteiger partial charge in [0, 0.05) is 86.2 Å². The molecule has 10 nitrogen and oxygen atoms in total. The third-order valence-corrected chi connectivity index (χ3v) is 17.0. The lowest BCUT2D eigenvalue weighted by molar-refractivity contribution is -0.132. The highest BCUT2D eigenvalue weighted by Gasteiger charge is 2.50. The van der Waals surface area contributed by atoms with E-state index in [0.717, 1.165) is 101 Å². The van der Waals surface area contributed by atoms with Crippen molar-refractivity contribution in [1.29, 1.82) is 0 Å². The Kier molecular flexibility index (Phi) is 11.1.